The summed E-state index contributed by atoms with van der Waals surface area (Å²) in [6, 6.07) is 11.9. The van der Waals surface area contributed by atoms with E-state index in [4.69, 9.17) is 25.8 Å². The quantitative estimate of drug-likeness (QED) is 0.245. The monoisotopic (exact) mass is 656 g/mol. The van der Waals surface area contributed by atoms with E-state index in [2.05, 4.69) is 47.8 Å². The molecule has 1 aliphatic carbocycles. The fourth-order valence-electron chi connectivity index (χ4n) is 6.92. The molecular weight excluding hydrogens is 608 g/mol. The molecule has 2 heterocycles. The Labute approximate surface area is 276 Å². The van der Waals surface area contributed by atoms with Crippen LogP contribution < -0.4 is 14.4 Å². The Morgan fingerprint density at radius 1 is 1.11 bits per heavy atom. The van der Waals surface area contributed by atoms with Gasteiger partial charge in [0.05, 0.1) is 37.4 Å². The molecular formula is C36H49ClN2O5S. The van der Waals surface area contributed by atoms with Crippen LogP contribution in [-0.2, 0) is 26.9 Å². The van der Waals surface area contributed by atoms with Crippen LogP contribution in [-0.4, -0.2) is 62.0 Å². The first-order valence-corrected chi connectivity index (χ1v) is 18.1. The SMILES string of the molecule is CCCc1cc(Cl)ccc1C1COc2ccc3cc2N(C1)CC1CCC1C(COCCOC)/C=C/CC(C)C(C)S(=O)NC3=O. The standard InChI is InChI=1S/C36H49ClN2O5S/c1-5-7-26-18-31(37)12-14-32(26)30-21-39-20-28-10-13-33(28)29(22-43-17-16-42-4)9-6-8-24(2)25(3)45(41)38-36(40)27-11-15-35(44-23-30)34(39)19-27/h6,9,11-12,14-15,18-19,24-25,28-30,33H,5,7-8,10,13,16-17,20-23H2,1-4H3,(H,38,40)/b9-6+. The van der Waals surface area contributed by atoms with E-state index >= 15 is 0 Å². The minimum atomic E-state index is -1.52. The summed E-state index contributed by atoms with van der Waals surface area (Å²) in [5, 5.41) is 0.559. The molecule has 5 rings (SSSR count). The number of aryl methyl sites for hydroxylation is 1. The van der Waals surface area contributed by atoms with Crippen LogP contribution in [0.3, 0.4) is 0 Å². The van der Waals surface area contributed by atoms with E-state index in [-0.39, 0.29) is 23.0 Å². The minimum absolute atomic E-state index is 0.139. The van der Waals surface area contributed by atoms with Crippen molar-refractivity contribution in [3.8, 4) is 5.75 Å². The normalized spacial score (nSPS) is 29.5. The zero-order valence-electron chi connectivity index (χ0n) is 27.1. The second kappa shape index (κ2) is 15.9. The number of carbonyl (C=O) groups excluding carboxylic acids is 1. The maximum absolute atomic E-state index is 13.4. The summed E-state index contributed by atoms with van der Waals surface area (Å²) < 4.78 is 33.8. The highest BCUT2D eigenvalue weighted by Crippen LogP contribution is 2.44. The zero-order chi connectivity index (χ0) is 31.9. The van der Waals surface area contributed by atoms with Crippen LogP contribution >= 0.6 is 11.6 Å². The molecule has 0 saturated heterocycles. The Bertz CT molecular complexity index is 1370. The summed E-state index contributed by atoms with van der Waals surface area (Å²) in [7, 11) is 0.182. The van der Waals surface area contributed by atoms with Crippen molar-refractivity contribution in [3.63, 3.8) is 0 Å². The van der Waals surface area contributed by atoms with E-state index in [1.807, 2.05) is 25.1 Å². The topological polar surface area (TPSA) is 77.1 Å². The van der Waals surface area contributed by atoms with Crippen molar-refractivity contribution < 1.29 is 23.2 Å². The van der Waals surface area contributed by atoms with Crippen LogP contribution in [0.5, 0.6) is 5.75 Å². The number of ether oxygens (including phenoxy) is 3. The van der Waals surface area contributed by atoms with Gasteiger partial charge in [0.1, 0.15) is 16.7 Å². The highest BCUT2D eigenvalue weighted by molar-refractivity contribution is 7.84. The van der Waals surface area contributed by atoms with Gasteiger partial charge >= 0.3 is 0 Å². The Balaban J connectivity index is 1.50. The lowest BCUT2D eigenvalue weighted by Crippen LogP contribution is -2.43. The Hall–Kier alpha value is -2.39. The number of halogens is 1. The lowest BCUT2D eigenvalue weighted by Gasteiger charge is -2.44. The third kappa shape index (κ3) is 8.31. The van der Waals surface area contributed by atoms with E-state index in [9.17, 15) is 9.00 Å². The van der Waals surface area contributed by atoms with Crippen molar-refractivity contribution >= 4 is 34.2 Å². The predicted octanol–water partition coefficient (Wildman–Crippen LogP) is 6.96. The Morgan fingerprint density at radius 2 is 1.96 bits per heavy atom. The summed E-state index contributed by atoms with van der Waals surface area (Å²) in [5.74, 6) is 1.99. The van der Waals surface area contributed by atoms with Crippen LogP contribution in [0.2, 0.25) is 5.02 Å². The van der Waals surface area contributed by atoms with Crippen LogP contribution in [0.4, 0.5) is 5.69 Å². The molecule has 7 unspecified atom stereocenters. The Kier molecular flexibility index (Phi) is 12.0. The second-order valence-electron chi connectivity index (χ2n) is 13.0. The number of anilines is 1. The number of methoxy groups -OCH3 is 1. The third-order valence-corrected chi connectivity index (χ3v) is 11.7. The highest BCUT2D eigenvalue weighted by atomic mass is 35.5. The largest absolute Gasteiger partial charge is 0.491 e. The number of rotatable bonds is 8. The molecule has 0 aromatic heterocycles. The van der Waals surface area contributed by atoms with Gasteiger partial charge in [0.2, 0.25) is 0 Å². The first-order chi connectivity index (χ1) is 21.8. The molecule has 7 nitrogen and oxygen atoms in total. The number of hydrogen-bond acceptors (Lipinski definition) is 6. The summed E-state index contributed by atoms with van der Waals surface area (Å²) >= 11 is 6.44. The van der Waals surface area contributed by atoms with Gasteiger partial charge in [-0.3, -0.25) is 9.52 Å². The van der Waals surface area contributed by atoms with Gasteiger partial charge in [-0.2, -0.15) is 0 Å². The molecule has 7 atom stereocenters. The van der Waals surface area contributed by atoms with Crippen molar-refractivity contribution in [3.05, 3.63) is 70.3 Å². The fourth-order valence-corrected chi connectivity index (χ4v) is 8.13. The number of nitrogens with zero attached hydrogens (tertiary/aromatic N) is 1. The summed E-state index contributed by atoms with van der Waals surface area (Å²) in [6.45, 7) is 10.2. The van der Waals surface area contributed by atoms with E-state index in [1.54, 1.807) is 13.2 Å². The van der Waals surface area contributed by atoms with Crippen LogP contribution in [0.15, 0.2) is 48.6 Å². The van der Waals surface area contributed by atoms with Crippen LogP contribution in [0, 0.1) is 23.7 Å². The highest BCUT2D eigenvalue weighted by Gasteiger charge is 2.39. The van der Waals surface area contributed by atoms with Crippen molar-refractivity contribution in [2.75, 3.05) is 51.5 Å². The predicted molar refractivity (Wildman–Crippen MR) is 183 cm³/mol. The van der Waals surface area contributed by atoms with Crippen LogP contribution in [0.25, 0.3) is 0 Å². The van der Waals surface area contributed by atoms with Gasteiger partial charge in [-0.1, -0.05) is 50.1 Å². The Morgan fingerprint density at radius 3 is 2.71 bits per heavy atom. The molecule has 9 heteroatoms. The van der Waals surface area contributed by atoms with Gasteiger partial charge in [0, 0.05) is 42.6 Å². The number of hydrogen-bond donors (Lipinski definition) is 1. The second-order valence-corrected chi connectivity index (χ2v) is 15.0. The number of nitrogens with one attached hydrogen (secondary N) is 1. The van der Waals surface area contributed by atoms with Crippen molar-refractivity contribution in [2.45, 2.75) is 64.0 Å². The number of amides is 1. The van der Waals surface area contributed by atoms with Gasteiger partial charge in [-0.15, -0.1) is 0 Å². The van der Waals surface area contributed by atoms with Crippen molar-refractivity contribution in [1.29, 1.82) is 0 Å². The molecule has 2 aromatic carbocycles. The van der Waals surface area contributed by atoms with Gasteiger partial charge in [-0.05, 0) is 91.8 Å². The summed E-state index contributed by atoms with van der Waals surface area (Å²) in [4.78, 5) is 15.8. The van der Waals surface area contributed by atoms with Crippen molar-refractivity contribution in [1.82, 2.24) is 4.72 Å². The third-order valence-electron chi connectivity index (χ3n) is 9.95. The van der Waals surface area contributed by atoms with Gasteiger partial charge in [0.25, 0.3) is 5.91 Å². The van der Waals surface area contributed by atoms with E-state index < -0.39 is 11.0 Å². The number of benzene rings is 2. The van der Waals surface area contributed by atoms with E-state index in [0.717, 1.165) is 61.7 Å². The average molecular weight is 657 g/mol. The maximum atomic E-state index is 13.4. The van der Waals surface area contributed by atoms with Gasteiger partial charge in [0.15, 0.2) is 0 Å². The molecule has 2 bridgehead atoms. The molecule has 246 valence electrons. The van der Waals surface area contributed by atoms with Gasteiger partial charge < -0.3 is 19.1 Å². The molecule has 1 amide bonds. The molecule has 3 aliphatic rings. The average Bonchev–Trinajstić information content (AvgIpc) is 3.19. The number of fused-ring (bicyclic) bond motifs is 2. The smallest absolute Gasteiger partial charge is 0.263 e. The lowest BCUT2D eigenvalue weighted by molar-refractivity contribution is 0.0224. The lowest BCUT2D eigenvalue weighted by atomic mass is 9.66. The molecule has 2 aliphatic heterocycles. The minimum Gasteiger partial charge on any atom is -0.491 e. The number of carbonyl (C=O) groups is 1. The molecule has 2 aromatic rings. The summed E-state index contributed by atoms with van der Waals surface area (Å²) in [5.41, 5.74) is 3.96. The first-order valence-electron chi connectivity index (χ1n) is 16.5. The molecule has 1 fully saturated rings. The van der Waals surface area contributed by atoms with Crippen molar-refractivity contribution in [2.24, 2.45) is 23.7 Å². The molecule has 1 N–H and O–H groups in total. The zero-order valence-corrected chi connectivity index (χ0v) is 28.7. The fraction of sp³-hybridized carbons (Fsp3) is 0.583. The van der Waals surface area contributed by atoms with Crippen LogP contribution in [0.1, 0.15) is 73.9 Å². The summed E-state index contributed by atoms with van der Waals surface area (Å²) in [6.07, 6.45) is 9.65. The van der Waals surface area contributed by atoms with E-state index in [1.165, 1.54) is 11.1 Å². The van der Waals surface area contributed by atoms with Gasteiger partial charge in [-0.25, -0.2) is 4.21 Å². The number of allylic oxidation sites excluding steroid dienone is 1. The molecule has 45 heavy (non-hydrogen) atoms. The maximum Gasteiger partial charge on any atom is 0.263 e. The molecule has 1 saturated carbocycles. The first kappa shape index (κ1) is 34.0. The molecule has 0 spiro atoms. The molecule has 0 radical (unpaired) electrons. The van der Waals surface area contributed by atoms with E-state index in [0.29, 0.717) is 49.7 Å².